The molecule has 0 unspecified atom stereocenters. The molecule has 0 spiro atoms. The van der Waals surface area contributed by atoms with E-state index < -0.39 is 17.2 Å². The van der Waals surface area contributed by atoms with E-state index >= 15 is 0 Å². The van der Waals surface area contributed by atoms with Crippen LogP contribution in [0.4, 0.5) is 0 Å². The van der Waals surface area contributed by atoms with E-state index in [-0.39, 0.29) is 12.1 Å². The molecule has 1 rings (SSSR count). The monoisotopic (exact) mass is 194 g/mol. The lowest BCUT2D eigenvalue weighted by Gasteiger charge is -1.96. The van der Waals surface area contributed by atoms with E-state index in [9.17, 15) is 14.4 Å². The first-order chi connectivity index (χ1) is 6.61. The zero-order valence-corrected chi connectivity index (χ0v) is 6.96. The SMILES string of the molecule is N#CNC(=O)Cc1cc(=O)[nH]c(=O)[nH]1. The summed E-state index contributed by atoms with van der Waals surface area (Å²) in [6.45, 7) is 0. The maximum atomic E-state index is 10.9. The lowest BCUT2D eigenvalue weighted by molar-refractivity contribution is -0.119. The van der Waals surface area contributed by atoms with Crippen LogP contribution in [-0.2, 0) is 11.2 Å². The topological polar surface area (TPSA) is 119 Å². The minimum atomic E-state index is -0.683. The molecule has 3 N–H and O–H groups in total. The zero-order chi connectivity index (χ0) is 10.6. The number of rotatable bonds is 2. The summed E-state index contributed by atoms with van der Waals surface area (Å²) in [6.07, 6.45) is 1.22. The van der Waals surface area contributed by atoms with Gasteiger partial charge in [0.15, 0.2) is 6.19 Å². The number of amides is 1. The fraction of sp³-hybridized carbons (Fsp3) is 0.143. The van der Waals surface area contributed by atoms with Gasteiger partial charge in [-0.25, -0.2) is 4.79 Å². The molecule has 0 radical (unpaired) electrons. The summed E-state index contributed by atoms with van der Waals surface area (Å²) in [5.74, 6) is -0.589. The van der Waals surface area contributed by atoms with Crippen molar-refractivity contribution in [3.63, 3.8) is 0 Å². The molecule has 1 aromatic rings. The molecule has 0 atom stereocenters. The molecule has 7 heteroatoms. The van der Waals surface area contributed by atoms with E-state index in [4.69, 9.17) is 5.26 Å². The first-order valence-corrected chi connectivity index (χ1v) is 3.62. The zero-order valence-electron chi connectivity index (χ0n) is 6.96. The highest BCUT2D eigenvalue weighted by atomic mass is 16.2. The maximum Gasteiger partial charge on any atom is 0.325 e. The van der Waals surface area contributed by atoms with E-state index in [0.717, 1.165) is 6.07 Å². The smallest absolute Gasteiger partial charge is 0.311 e. The highest BCUT2D eigenvalue weighted by Gasteiger charge is 2.03. The summed E-state index contributed by atoms with van der Waals surface area (Å²) in [7, 11) is 0. The van der Waals surface area contributed by atoms with Crippen molar-refractivity contribution in [2.24, 2.45) is 0 Å². The Hall–Kier alpha value is -2.36. The van der Waals surface area contributed by atoms with E-state index in [1.807, 2.05) is 10.3 Å². The van der Waals surface area contributed by atoms with Crippen molar-refractivity contribution in [3.05, 3.63) is 32.6 Å². The molecule has 7 nitrogen and oxygen atoms in total. The largest absolute Gasteiger partial charge is 0.325 e. The molecule has 14 heavy (non-hydrogen) atoms. The first kappa shape index (κ1) is 9.73. The Morgan fingerprint density at radius 1 is 1.50 bits per heavy atom. The van der Waals surface area contributed by atoms with Gasteiger partial charge in [0.2, 0.25) is 5.91 Å². The number of nitriles is 1. The molecular weight excluding hydrogens is 188 g/mol. The van der Waals surface area contributed by atoms with Gasteiger partial charge < -0.3 is 4.98 Å². The molecule has 0 saturated heterocycles. The third-order valence-electron chi connectivity index (χ3n) is 1.36. The predicted molar refractivity (Wildman–Crippen MR) is 45.1 cm³/mol. The van der Waals surface area contributed by atoms with Gasteiger partial charge >= 0.3 is 5.69 Å². The van der Waals surface area contributed by atoms with Crippen LogP contribution in [0.15, 0.2) is 15.7 Å². The van der Waals surface area contributed by atoms with E-state index in [1.54, 1.807) is 0 Å². The van der Waals surface area contributed by atoms with Crippen LogP contribution in [0.2, 0.25) is 0 Å². The highest BCUT2D eigenvalue weighted by Crippen LogP contribution is 1.86. The Balaban J connectivity index is 2.88. The van der Waals surface area contributed by atoms with Crippen LogP contribution in [0.1, 0.15) is 5.69 Å². The van der Waals surface area contributed by atoms with Crippen molar-refractivity contribution in [1.82, 2.24) is 15.3 Å². The summed E-state index contributed by atoms with van der Waals surface area (Å²) >= 11 is 0. The van der Waals surface area contributed by atoms with Gasteiger partial charge in [0.25, 0.3) is 5.56 Å². The van der Waals surface area contributed by atoms with Gasteiger partial charge in [-0.3, -0.25) is 19.9 Å². The van der Waals surface area contributed by atoms with Gasteiger partial charge in [0.05, 0.1) is 6.42 Å². The Labute approximate surface area is 77.4 Å². The van der Waals surface area contributed by atoms with Gasteiger partial charge in [-0.15, -0.1) is 0 Å². The summed E-state index contributed by atoms with van der Waals surface area (Å²) < 4.78 is 0. The molecule has 0 saturated carbocycles. The van der Waals surface area contributed by atoms with Crippen LogP contribution in [0, 0.1) is 11.5 Å². The third kappa shape index (κ3) is 2.60. The van der Waals surface area contributed by atoms with Crippen molar-refractivity contribution in [3.8, 4) is 6.19 Å². The van der Waals surface area contributed by atoms with Crippen molar-refractivity contribution >= 4 is 5.91 Å². The van der Waals surface area contributed by atoms with Gasteiger partial charge in [-0.2, -0.15) is 5.26 Å². The van der Waals surface area contributed by atoms with Crippen LogP contribution in [0.5, 0.6) is 0 Å². The number of hydrogen-bond donors (Lipinski definition) is 3. The second-order valence-corrected chi connectivity index (χ2v) is 2.45. The molecule has 1 heterocycles. The fourth-order valence-electron chi connectivity index (χ4n) is 0.894. The van der Waals surface area contributed by atoms with Crippen LogP contribution in [-0.4, -0.2) is 15.9 Å². The summed E-state index contributed by atoms with van der Waals surface area (Å²) in [5, 5.41) is 9.97. The van der Waals surface area contributed by atoms with Gasteiger partial charge in [0.1, 0.15) is 0 Å². The molecule has 0 aliphatic heterocycles. The summed E-state index contributed by atoms with van der Waals surface area (Å²) in [6, 6.07) is 1.08. The average molecular weight is 194 g/mol. The average Bonchev–Trinajstić information content (AvgIpc) is 2.01. The fourth-order valence-corrected chi connectivity index (χ4v) is 0.894. The number of hydrogen-bond acceptors (Lipinski definition) is 4. The Morgan fingerprint density at radius 3 is 2.79 bits per heavy atom. The van der Waals surface area contributed by atoms with Crippen molar-refractivity contribution in [1.29, 1.82) is 5.26 Å². The quantitative estimate of drug-likeness (QED) is 0.380. The van der Waals surface area contributed by atoms with Gasteiger partial charge in [0, 0.05) is 11.8 Å². The van der Waals surface area contributed by atoms with E-state index in [1.165, 1.54) is 6.19 Å². The number of carbonyl (C=O) groups excluding carboxylic acids is 1. The summed E-state index contributed by atoms with van der Waals surface area (Å²) in [5.41, 5.74) is -1.11. The molecule has 0 aliphatic carbocycles. The van der Waals surface area contributed by atoms with Crippen LogP contribution < -0.4 is 16.6 Å². The summed E-state index contributed by atoms with van der Waals surface area (Å²) in [4.78, 5) is 36.6. The van der Waals surface area contributed by atoms with Crippen LogP contribution in [0.25, 0.3) is 0 Å². The Bertz CT molecular complexity index is 464. The number of H-pyrrole nitrogens is 2. The van der Waals surface area contributed by atoms with Crippen molar-refractivity contribution in [2.45, 2.75) is 6.42 Å². The van der Waals surface area contributed by atoms with Crippen molar-refractivity contribution < 1.29 is 4.79 Å². The highest BCUT2D eigenvalue weighted by molar-refractivity contribution is 5.79. The minimum Gasteiger partial charge on any atom is -0.311 e. The van der Waals surface area contributed by atoms with E-state index in [0.29, 0.717) is 0 Å². The molecule has 1 amide bonds. The molecule has 0 aliphatic rings. The lowest BCUT2D eigenvalue weighted by atomic mass is 10.3. The van der Waals surface area contributed by atoms with Crippen LogP contribution >= 0.6 is 0 Å². The second kappa shape index (κ2) is 4.04. The molecule has 1 aromatic heterocycles. The Kier molecular flexibility index (Phi) is 2.81. The molecule has 72 valence electrons. The van der Waals surface area contributed by atoms with Crippen LogP contribution in [0.3, 0.4) is 0 Å². The Morgan fingerprint density at radius 2 is 2.21 bits per heavy atom. The minimum absolute atomic E-state index is 0.159. The third-order valence-corrected chi connectivity index (χ3v) is 1.36. The molecule has 0 aromatic carbocycles. The number of nitrogens with zero attached hydrogens (tertiary/aromatic N) is 1. The number of aromatic nitrogens is 2. The second-order valence-electron chi connectivity index (χ2n) is 2.45. The molecule has 0 fully saturated rings. The molecule has 0 bridgehead atoms. The number of nitrogens with one attached hydrogen (secondary N) is 3. The lowest BCUT2D eigenvalue weighted by Crippen LogP contribution is -2.26. The number of carbonyl (C=O) groups is 1. The molecular formula is C7H6N4O3. The normalized spacial score (nSPS) is 9.07. The standard InChI is InChI=1S/C7H6N4O3/c8-3-9-5(12)1-4-2-6(13)11-7(14)10-4/h2H,1H2,(H,9,12)(H2,10,11,13,14). The van der Waals surface area contributed by atoms with Gasteiger partial charge in [-0.1, -0.05) is 0 Å². The number of aromatic amines is 2. The van der Waals surface area contributed by atoms with Crippen molar-refractivity contribution in [2.75, 3.05) is 0 Å². The first-order valence-electron chi connectivity index (χ1n) is 3.62. The van der Waals surface area contributed by atoms with E-state index in [2.05, 4.69) is 4.98 Å². The maximum absolute atomic E-state index is 10.9. The predicted octanol–water partition coefficient (Wildman–Crippen LogP) is -1.80. The van der Waals surface area contributed by atoms with Gasteiger partial charge in [-0.05, 0) is 0 Å².